The van der Waals surface area contributed by atoms with E-state index in [-0.39, 0.29) is 11.8 Å². The van der Waals surface area contributed by atoms with Gasteiger partial charge >= 0.3 is 0 Å². The van der Waals surface area contributed by atoms with E-state index in [4.69, 9.17) is 22.1 Å². The number of carbonyl (C=O) groups is 1. The highest BCUT2D eigenvalue weighted by Crippen LogP contribution is 2.39. The summed E-state index contributed by atoms with van der Waals surface area (Å²) in [5, 5.41) is 6.21. The monoisotopic (exact) mass is 443 g/mol. The Morgan fingerprint density at radius 2 is 2.17 bits per heavy atom. The number of carbonyl (C=O) groups excluding carboxylic acids is 1. The number of nitrogens with two attached hydrogens (primary N) is 1. The number of nitrogens with zero attached hydrogens (tertiary/aromatic N) is 1. The second-order valence-electron chi connectivity index (χ2n) is 7.31. The van der Waals surface area contributed by atoms with Crippen LogP contribution >= 0.6 is 23.4 Å². The molecule has 2 aromatic carbocycles. The van der Waals surface area contributed by atoms with E-state index in [1.165, 1.54) is 17.1 Å². The first kappa shape index (κ1) is 22.4. The van der Waals surface area contributed by atoms with Crippen LogP contribution in [0.15, 0.2) is 46.9 Å². The van der Waals surface area contributed by atoms with Gasteiger partial charge in [0.2, 0.25) is 5.91 Å². The minimum Gasteiger partial charge on any atom is -0.387 e. The Morgan fingerprint density at radius 3 is 2.87 bits per heavy atom. The van der Waals surface area contributed by atoms with Crippen LogP contribution in [0.4, 0.5) is 0 Å². The van der Waals surface area contributed by atoms with Crippen LogP contribution in [-0.2, 0) is 22.7 Å². The van der Waals surface area contributed by atoms with Gasteiger partial charge < -0.3 is 15.8 Å². The van der Waals surface area contributed by atoms with Crippen molar-refractivity contribution in [3.8, 4) is 0 Å². The van der Waals surface area contributed by atoms with Gasteiger partial charge in [0, 0.05) is 29.3 Å². The van der Waals surface area contributed by atoms with Crippen LogP contribution in [0.2, 0.25) is 5.02 Å². The Labute approximate surface area is 186 Å². The number of nitrogens with one attached hydrogen (secondary N) is 1. The van der Waals surface area contributed by atoms with E-state index in [1.54, 1.807) is 14.0 Å². The van der Waals surface area contributed by atoms with Gasteiger partial charge in [0.25, 0.3) is 0 Å². The van der Waals surface area contributed by atoms with Crippen molar-refractivity contribution in [2.75, 3.05) is 12.8 Å². The zero-order valence-corrected chi connectivity index (χ0v) is 19.0. The number of thioether (sulfide) groups is 1. The molecule has 1 unspecified atom stereocenters. The average Bonchev–Trinajstić information content (AvgIpc) is 2.71. The van der Waals surface area contributed by atoms with Crippen molar-refractivity contribution >= 4 is 51.5 Å². The summed E-state index contributed by atoms with van der Waals surface area (Å²) in [5.41, 5.74) is 9.69. The van der Waals surface area contributed by atoms with E-state index in [0.717, 1.165) is 27.6 Å². The third-order valence-electron chi connectivity index (χ3n) is 4.88. The Bertz CT molecular complexity index is 1060. The van der Waals surface area contributed by atoms with Crippen molar-refractivity contribution in [2.45, 2.75) is 27.1 Å². The Morgan fingerprint density at radius 1 is 1.43 bits per heavy atom. The molecular formula is C23H26ClN3O2S. The van der Waals surface area contributed by atoms with Crippen molar-refractivity contribution in [1.29, 1.82) is 0 Å². The van der Waals surface area contributed by atoms with E-state index in [1.807, 2.05) is 25.1 Å². The highest BCUT2D eigenvalue weighted by atomic mass is 35.5. The lowest BCUT2D eigenvalue weighted by molar-refractivity contribution is -0.123. The number of halogens is 1. The largest absolute Gasteiger partial charge is 0.387 e. The molecule has 3 N–H and O–H groups in total. The van der Waals surface area contributed by atoms with E-state index in [2.05, 4.69) is 29.0 Å². The lowest BCUT2D eigenvalue weighted by Gasteiger charge is -2.21. The number of amidine groups is 1. The molecule has 3 rings (SSSR count). The summed E-state index contributed by atoms with van der Waals surface area (Å²) < 4.78 is 5.67. The fourth-order valence-corrected chi connectivity index (χ4v) is 4.84. The fraction of sp³-hybridized carbons (Fsp3) is 0.304. The molecule has 0 aromatic heterocycles. The molecule has 0 saturated carbocycles. The third-order valence-corrected chi connectivity index (χ3v) is 6.35. The topological polar surface area (TPSA) is 76.7 Å². The first-order valence-electron chi connectivity index (χ1n) is 9.68. The second kappa shape index (κ2) is 9.69. The summed E-state index contributed by atoms with van der Waals surface area (Å²) in [7, 11) is 1.63. The molecule has 2 aromatic rings. The first-order chi connectivity index (χ1) is 14.3. The minimum atomic E-state index is -0.158. The highest BCUT2D eigenvalue weighted by molar-refractivity contribution is 8.03. The quantitative estimate of drug-likeness (QED) is 0.363. The van der Waals surface area contributed by atoms with Gasteiger partial charge in [-0.15, -0.1) is 11.8 Å². The molecule has 0 spiro atoms. The maximum Gasteiger partial charge on any atom is 0.223 e. The zero-order chi connectivity index (χ0) is 21.8. The van der Waals surface area contributed by atoms with Gasteiger partial charge in [-0.1, -0.05) is 43.3 Å². The number of amides is 1. The third kappa shape index (κ3) is 4.89. The number of allylic oxidation sites excluding steroid dienone is 2. The summed E-state index contributed by atoms with van der Waals surface area (Å²) in [5.74, 6) is 0.844. The average molecular weight is 444 g/mol. The van der Waals surface area contributed by atoms with Gasteiger partial charge in [-0.3, -0.25) is 4.79 Å². The molecule has 1 aliphatic rings. The smallest absolute Gasteiger partial charge is 0.223 e. The van der Waals surface area contributed by atoms with Gasteiger partial charge in [0.1, 0.15) is 0 Å². The molecular weight excluding hydrogens is 418 g/mol. The maximum absolute atomic E-state index is 11.8. The molecule has 30 heavy (non-hydrogen) atoms. The lowest BCUT2D eigenvalue weighted by Crippen LogP contribution is -2.26. The van der Waals surface area contributed by atoms with Crippen molar-refractivity contribution in [3.05, 3.63) is 63.7 Å². The number of hydrogen-bond acceptors (Lipinski definition) is 4. The Hall–Kier alpha value is -2.28. The van der Waals surface area contributed by atoms with Gasteiger partial charge in [0.15, 0.2) is 0 Å². The van der Waals surface area contributed by atoms with Crippen LogP contribution in [0.25, 0.3) is 16.3 Å². The van der Waals surface area contributed by atoms with E-state index >= 15 is 0 Å². The molecule has 0 bridgehead atoms. The van der Waals surface area contributed by atoms with E-state index < -0.39 is 0 Å². The first-order valence-corrected chi connectivity index (χ1v) is 11.0. The summed E-state index contributed by atoms with van der Waals surface area (Å²) in [6.07, 6.45) is 1.88. The number of benzene rings is 2. The fourth-order valence-electron chi connectivity index (χ4n) is 3.48. The van der Waals surface area contributed by atoms with Crippen molar-refractivity contribution in [3.63, 3.8) is 0 Å². The minimum absolute atomic E-state index is 0.0111. The maximum atomic E-state index is 11.8. The summed E-state index contributed by atoms with van der Waals surface area (Å²) in [4.78, 5) is 16.3. The van der Waals surface area contributed by atoms with Crippen molar-refractivity contribution in [1.82, 2.24) is 5.32 Å². The Balaban J connectivity index is 1.99. The molecule has 158 valence electrons. The lowest BCUT2D eigenvalue weighted by atomic mass is 9.92. The van der Waals surface area contributed by atoms with E-state index in [9.17, 15) is 4.79 Å². The summed E-state index contributed by atoms with van der Waals surface area (Å²) >= 11 is 8.14. The van der Waals surface area contributed by atoms with Gasteiger partial charge in [-0.25, -0.2) is 4.99 Å². The molecule has 1 heterocycles. The van der Waals surface area contributed by atoms with Gasteiger partial charge in [0.05, 0.1) is 24.1 Å². The summed E-state index contributed by atoms with van der Waals surface area (Å²) in [6, 6.07) is 8.10. The van der Waals surface area contributed by atoms with Crippen LogP contribution in [0.5, 0.6) is 0 Å². The molecule has 1 atom stereocenters. The standard InChI is InChI=1S/C23H26ClN3O2S/c1-13(8-20(27-15(3)25)30-12-14(2)23(28)26-4)21-18-7-5-6-16-10-29-11-17(22(16)18)9-19(21)24/h5-9,14H,1,10-12H2,2-4H3,(H2,25,27)(H,26,28)/b20-8+. The number of rotatable bonds is 7. The number of hydrogen-bond donors (Lipinski definition) is 2. The predicted octanol–water partition coefficient (Wildman–Crippen LogP) is 4.87. The predicted molar refractivity (Wildman–Crippen MR) is 128 cm³/mol. The molecule has 1 aliphatic heterocycles. The molecule has 1 amide bonds. The van der Waals surface area contributed by atoms with Crippen molar-refractivity contribution < 1.29 is 9.53 Å². The van der Waals surface area contributed by atoms with Gasteiger partial charge in [-0.2, -0.15) is 0 Å². The van der Waals surface area contributed by atoms with Crippen LogP contribution < -0.4 is 11.1 Å². The summed E-state index contributed by atoms with van der Waals surface area (Å²) in [6.45, 7) is 9.01. The van der Waals surface area contributed by atoms with E-state index in [0.29, 0.717) is 34.9 Å². The molecule has 7 heteroatoms. The molecule has 5 nitrogen and oxygen atoms in total. The van der Waals surface area contributed by atoms with Gasteiger partial charge in [-0.05, 0) is 46.5 Å². The number of ether oxygens (including phenoxy) is 1. The molecule has 0 saturated heterocycles. The molecule has 0 aliphatic carbocycles. The van der Waals surface area contributed by atoms with Crippen molar-refractivity contribution in [2.24, 2.45) is 16.6 Å². The SMILES string of the molecule is C=C(/C=C(\N=C(/C)N)SCC(C)C(=O)NC)c1c(Cl)cc2c3c(cccc13)COC2. The Kier molecular flexibility index (Phi) is 7.23. The number of aliphatic imine (C=N–C) groups is 1. The van der Waals surface area contributed by atoms with Crippen LogP contribution in [0.3, 0.4) is 0 Å². The normalized spacial score (nSPS) is 15.2. The second-order valence-corrected chi connectivity index (χ2v) is 8.76. The van der Waals surface area contributed by atoms with Crippen LogP contribution in [-0.4, -0.2) is 24.5 Å². The molecule has 0 radical (unpaired) electrons. The zero-order valence-electron chi connectivity index (χ0n) is 17.4. The molecule has 0 fully saturated rings. The highest BCUT2D eigenvalue weighted by Gasteiger charge is 2.19. The van der Waals surface area contributed by atoms with Crippen LogP contribution in [0, 0.1) is 5.92 Å². The van der Waals surface area contributed by atoms with Crippen LogP contribution in [0.1, 0.15) is 30.5 Å².